The van der Waals surface area contributed by atoms with Crippen molar-refractivity contribution in [2.24, 2.45) is 0 Å². The van der Waals surface area contributed by atoms with Gasteiger partial charge in [0.1, 0.15) is 11.4 Å². The van der Waals surface area contributed by atoms with Crippen molar-refractivity contribution in [1.82, 2.24) is 19.6 Å². The third-order valence-electron chi connectivity index (χ3n) is 5.53. The molecular formula is C19H21BrF3N5O. The van der Waals surface area contributed by atoms with Gasteiger partial charge in [-0.05, 0) is 24.7 Å². The first-order valence-corrected chi connectivity index (χ1v) is 10.2. The highest BCUT2D eigenvalue weighted by Crippen LogP contribution is 2.44. The minimum absolute atomic E-state index is 0.135. The third kappa shape index (κ3) is 4.00. The van der Waals surface area contributed by atoms with Crippen LogP contribution in [0.2, 0.25) is 0 Å². The summed E-state index contributed by atoms with van der Waals surface area (Å²) < 4.78 is 43.1. The second-order valence-electron chi connectivity index (χ2n) is 7.49. The van der Waals surface area contributed by atoms with E-state index in [1.54, 1.807) is 29.2 Å². The molecule has 0 spiro atoms. The Kier molecular flexibility index (Phi) is 5.32. The zero-order chi connectivity index (χ0) is 20.8. The topological polar surface area (TPSA) is 53.4 Å². The van der Waals surface area contributed by atoms with Crippen LogP contribution in [0.1, 0.15) is 34.4 Å². The lowest BCUT2D eigenvalue weighted by Crippen LogP contribution is -2.47. The number of halogens is 4. The van der Waals surface area contributed by atoms with Crippen molar-refractivity contribution in [3.8, 4) is 0 Å². The van der Waals surface area contributed by atoms with Crippen LogP contribution in [-0.2, 0) is 0 Å². The molecule has 0 radical (unpaired) electrons. The van der Waals surface area contributed by atoms with Gasteiger partial charge in [0.05, 0.1) is 12.2 Å². The molecule has 0 aliphatic carbocycles. The Morgan fingerprint density at radius 2 is 1.83 bits per heavy atom. The van der Waals surface area contributed by atoms with Crippen molar-refractivity contribution in [2.45, 2.75) is 24.7 Å². The number of aromatic nitrogens is 2. The van der Waals surface area contributed by atoms with Gasteiger partial charge in [0, 0.05) is 37.1 Å². The van der Waals surface area contributed by atoms with Crippen LogP contribution in [0, 0.1) is 0 Å². The standard InChI is InChI=1S/C19H21BrF3N5O/c1-26-6-8-27(9-7-26)18(29)14-11-24-28-16(19(21,22)23)10-15(25-17(14)28)12-2-4-13(20)5-3-12/h2-5,11,15-16,25H,6-10H2,1H3/t15-,16-/m0/s1. The molecule has 2 atom stereocenters. The summed E-state index contributed by atoms with van der Waals surface area (Å²) >= 11 is 3.34. The summed E-state index contributed by atoms with van der Waals surface area (Å²) in [6.07, 6.45) is -3.40. The van der Waals surface area contributed by atoms with E-state index in [-0.39, 0.29) is 23.7 Å². The average molecular weight is 472 g/mol. The lowest BCUT2D eigenvalue weighted by Gasteiger charge is -2.35. The van der Waals surface area contributed by atoms with E-state index in [4.69, 9.17) is 0 Å². The Labute approximate surface area is 174 Å². The lowest BCUT2D eigenvalue weighted by molar-refractivity contribution is -0.173. The summed E-state index contributed by atoms with van der Waals surface area (Å²) in [6, 6.07) is 4.79. The molecule has 0 unspecified atom stereocenters. The van der Waals surface area contributed by atoms with E-state index in [2.05, 4.69) is 31.2 Å². The Bertz CT molecular complexity index is 890. The first kappa shape index (κ1) is 20.2. The van der Waals surface area contributed by atoms with E-state index in [9.17, 15) is 18.0 Å². The molecule has 156 valence electrons. The molecule has 1 saturated heterocycles. The molecule has 6 nitrogen and oxygen atoms in total. The number of likely N-dealkylation sites (N-methyl/N-ethyl adjacent to an activating group) is 1. The fourth-order valence-corrected chi connectivity index (χ4v) is 4.08. The zero-order valence-corrected chi connectivity index (χ0v) is 17.4. The van der Waals surface area contributed by atoms with Crippen LogP contribution in [0.3, 0.4) is 0 Å². The smallest absolute Gasteiger partial charge is 0.363 e. The van der Waals surface area contributed by atoms with Gasteiger partial charge >= 0.3 is 6.18 Å². The number of benzene rings is 1. The quantitative estimate of drug-likeness (QED) is 0.725. The Morgan fingerprint density at radius 1 is 1.17 bits per heavy atom. The second-order valence-corrected chi connectivity index (χ2v) is 8.40. The van der Waals surface area contributed by atoms with E-state index < -0.39 is 18.3 Å². The second kappa shape index (κ2) is 7.64. The number of hydrogen-bond acceptors (Lipinski definition) is 4. The van der Waals surface area contributed by atoms with Gasteiger partial charge in [0.2, 0.25) is 0 Å². The highest BCUT2D eigenvalue weighted by molar-refractivity contribution is 9.10. The molecular weight excluding hydrogens is 451 g/mol. The maximum atomic E-state index is 13.8. The van der Waals surface area contributed by atoms with Gasteiger partial charge in [-0.1, -0.05) is 28.1 Å². The van der Waals surface area contributed by atoms with Crippen molar-refractivity contribution in [3.05, 3.63) is 46.1 Å². The van der Waals surface area contributed by atoms with E-state index in [0.717, 1.165) is 27.8 Å². The molecule has 3 heterocycles. The molecule has 2 aliphatic rings. The zero-order valence-electron chi connectivity index (χ0n) is 15.8. The Balaban J connectivity index is 1.68. The molecule has 0 bridgehead atoms. The molecule has 2 aromatic rings. The van der Waals surface area contributed by atoms with E-state index in [1.807, 2.05) is 7.05 Å². The van der Waals surface area contributed by atoms with Crippen LogP contribution in [0.15, 0.2) is 34.9 Å². The van der Waals surface area contributed by atoms with Crippen LogP contribution in [0.25, 0.3) is 0 Å². The summed E-state index contributed by atoms with van der Waals surface area (Å²) in [5.41, 5.74) is 0.915. The van der Waals surface area contributed by atoms with Crippen LogP contribution in [-0.4, -0.2) is 64.9 Å². The molecule has 2 aliphatic heterocycles. The molecule has 1 aromatic heterocycles. The van der Waals surface area contributed by atoms with Gasteiger partial charge in [-0.3, -0.25) is 4.79 Å². The lowest BCUT2D eigenvalue weighted by atomic mass is 9.96. The number of carbonyl (C=O) groups excluding carboxylic acids is 1. The minimum atomic E-state index is -4.47. The highest BCUT2D eigenvalue weighted by atomic mass is 79.9. The van der Waals surface area contributed by atoms with Crippen LogP contribution in [0.5, 0.6) is 0 Å². The summed E-state index contributed by atoms with van der Waals surface area (Å²) in [7, 11) is 1.97. The largest absolute Gasteiger partial charge is 0.410 e. The van der Waals surface area contributed by atoms with Crippen molar-refractivity contribution in [3.63, 3.8) is 0 Å². The number of anilines is 1. The number of amides is 1. The van der Waals surface area contributed by atoms with Crippen molar-refractivity contribution < 1.29 is 18.0 Å². The van der Waals surface area contributed by atoms with Crippen LogP contribution < -0.4 is 5.32 Å². The van der Waals surface area contributed by atoms with Gasteiger partial charge in [-0.15, -0.1) is 0 Å². The maximum absolute atomic E-state index is 13.8. The SMILES string of the molecule is CN1CCN(C(=O)c2cnn3c2N[C@H](c2ccc(Br)cc2)C[C@H]3C(F)(F)F)CC1. The number of fused-ring (bicyclic) bond motifs is 1. The molecule has 0 saturated carbocycles. The summed E-state index contributed by atoms with van der Waals surface area (Å²) in [5, 5.41) is 7.09. The first-order chi connectivity index (χ1) is 13.7. The van der Waals surface area contributed by atoms with Gasteiger partial charge in [0.25, 0.3) is 5.91 Å². The van der Waals surface area contributed by atoms with E-state index >= 15 is 0 Å². The predicted molar refractivity (Wildman–Crippen MR) is 106 cm³/mol. The van der Waals surface area contributed by atoms with Gasteiger partial charge in [-0.2, -0.15) is 18.3 Å². The normalized spacial score (nSPS) is 22.9. The molecule has 4 rings (SSSR count). The Hall–Kier alpha value is -2.07. The number of rotatable bonds is 2. The predicted octanol–water partition coefficient (Wildman–Crippen LogP) is 3.69. The molecule has 1 aromatic carbocycles. The van der Waals surface area contributed by atoms with E-state index in [0.29, 0.717) is 13.1 Å². The first-order valence-electron chi connectivity index (χ1n) is 9.38. The monoisotopic (exact) mass is 471 g/mol. The Morgan fingerprint density at radius 3 is 2.45 bits per heavy atom. The van der Waals surface area contributed by atoms with Crippen molar-refractivity contribution in [1.29, 1.82) is 0 Å². The highest BCUT2D eigenvalue weighted by Gasteiger charge is 2.47. The summed E-state index contributed by atoms with van der Waals surface area (Å²) in [4.78, 5) is 16.8. The number of piperazine rings is 1. The number of carbonyl (C=O) groups is 1. The van der Waals surface area contributed by atoms with Crippen LogP contribution >= 0.6 is 15.9 Å². The summed E-state index contributed by atoms with van der Waals surface area (Å²) in [5.74, 6) is -0.153. The van der Waals surface area contributed by atoms with E-state index in [1.165, 1.54) is 6.20 Å². The number of hydrogen-bond donors (Lipinski definition) is 1. The number of nitrogens with one attached hydrogen (secondary N) is 1. The van der Waals surface area contributed by atoms with Gasteiger partial charge in [-0.25, -0.2) is 4.68 Å². The van der Waals surface area contributed by atoms with Crippen molar-refractivity contribution in [2.75, 3.05) is 38.5 Å². The molecule has 1 fully saturated rings. The van der Waals surface area contributed by atoms with Crippen LogP contribution in [0.4, 0.5) is 19.0 Å². The number of alkyl halides is 3. The fourth-order valence-electron chi connectivity index (χ4n) is 3.81. The molecule has 1 amide bonds. The van der Waals surface area contributed by atoms with Crippen molar-refractivity contribution >= 4 is 27.7 Å². The summed E-state index contributed by atoms with van der Waals surface area (Å²) in [6.45, 7) is 2.54. The fraction of sp³-hybridized carbons (Fsp3) is 0.474. The third-order valence-corrected chi connectivity index (χ3v) is 6.06. The molecule has 10 heteroatoms. The molecule has 29 heavy (non-hydrogen) atoms. The molecule has 1 N–H and O–H groups in total. The minimum Gasteiger partial charge on any atom is -0.363 e. The number of nitrogens with zero attached hydrogens (tertiary/aromatic N) is 4. The maximum Gasteiger partial charge on any atom is 0.410 e. The average Bonchev–Trinajstić information content (AvgIpc) is 3.11. The van der Waals surface area contributed by atoms with Gasteiger partial charge < -0.3 is 15.1 Å². The van der Waals surface area contributed by atoms with Gasteiger partial charge in [0.15, 0.2) is 6.04 Å².